The Labute approximate surface area is 117 Å². The highest BCUT2D eigenvalue weighted by atomic mass is 79.9. The average molecular weight is 326 g/mol. The van der Waals surface area contributed by atoms with Gasteiger partial charge in [-0.05, 0) is 36.8 Å². The smallest absolute Gasteiger partial charge is 0.258 e. The molecule has 5 heteroatoms. The van der Waals surface area contributed by atoms with E-state index >= 15 is 0 Å². The predicted molar refractivity (Wildman–Crippen MR) is 73.2 cm³/mol. The molecule has 0 aliphatic rings. The average Bonchev–Trinajstić information content (AvgIpc) is 2.37. The van der Waals surface area contributed by atoms with Crippen molar-refractivity contribution < 1.29 is 13.6 Å². The van der Waals surface area contributed by atoms with Gasteiger partial charge < -0.3 is 5.32 Å². The first-order valence-corrected chi connectivity index (χ1v) is 6.30. The van der Waals surface area contributed by atoms with E-state index in [1.807, 2.05) is 13.0 Å². The van der Waals surface area contributed by atoms with Crippen LogP contribution in [0.15, 0.2) is 40.9 Å². The first kappa shape index (κ1) is 13.7. The van der Waals surface area contributed by atoms with Crippen LogP contribution in [0.4, 0.5) is 14.5 Å². The summed E-state index contributed by atoms with van der Waals surface area (Å²) >= 11 is 3.33. The topological polar surface area (TPSA) is 29.1 Å². The fourth-order valence-electron chi connectivity index (χ4n) is 1.55. The minimum Gasteiger partial charge on any atom is -0.322 e. The molecule has 2 aromatic carbocycles. The number of hydrogen-bond donors (Lipinski definition) is 1. The third-order valence-corrected chi connectivity index (χ3v) is 3.48. The second-order valence-corrected chi connectivity index (χ2v) is 4.87. The van der Waals surface area contributed by atoms with E-state index in [-0.39, 0.29) is 5.56 Å². The Kier molecular flexibility index (Phi) is 3.95. The van der Waals surface area contributed by atoms with Crippen LogP contribution < -0.4 is 5.32 Å². The zero-order chi connectivity index (χ0) is 14.0. The number of nitrogens with one attached hydrogen (secondary N) is 1. The summed E-state index contributed by atoms with van der Waals surface area (Å²) in [5, 5.41) is 2.52. The monoisotopic (exact) mass is 325 g/mol. The van der Waals surface area contributed by atoms with Gasteiger partial charge in [0.2, 0.25) is 0 Å². The maximum atomic E-state index is 13.5. The molecular formula is C14H10BrF2NO. The van der Waals surface area contributed by atoms with Crippen molar-refractivity contribution in [2.24, 2.45) is 0 Å². The minimum absolute atomic E-state index is 0.323. The summed E-state index contributed by atoms with van der Waals surface area (Å²) in [7, 11) is 0. The van der Waals surface area contributed by atoms with E-state index in [2.05, 4.69) is 21.2 Å². The molecule has 2 rings (SSSR count). The van der Waals surface area contributed by atoms with E-state index in [9.17, 15) is 13.6 Å². The molecule has 0 saturated heterocycles. The number of carbonyl (C=O) groups excluding carboxylic acids is 1. The number of rotatable bonds is 2. The van der Waals surface area contributed by atoms with E-state index < -0.39 is 17.5 Å². The number of carbonyl (C=O) groups is 1. The molecule has 0 atom stereocenters. The maximum Gasteiger partial charge on any atom is 0.258 e. The van der Waals surface area contributed by atoms with Gasteiger partial charge in [0.15, 0.2) is 11.6 Å². The second kappa shape index (κ2) is 5.48. The van der Waals surface area contributed by atoms with Crippen molar-refractivity contribution in [1.82, 2.24) is 0 Å². The molecule has 0 aliphatic heterocycles. The highest BCUT2D eigenvalue weighted by molar-refractivity contribution is 9.10. The zero-order valence-corrected chi connectivity index (χ0v) is 11.6. The Morgan fingerprint density at radius 1 is 1.21 bits per heavy atom. The quantitative estimate of drug-likeness (QED) is 0.876. The van der Waals surface area contributed by atoms with Gasteiger partial charge in [-0.15, -0.1) is 0 Å². The Hall–Kier alpha value is -1.75. The maximum absolute atomic E-state index is 13.5. The van der Waals surface area contributed by atoms with Crippen LogP contribution in [0.2, 0.25) is 0 Å². The van der Waals surface area contributed by atoms with Crippen LogP contribution in [0.1, 0.15) is 15.9 Å². The fraction of sp³-hybridized carbons (Fsp3) is 0.0714. The molecule has 19 heavy (non-hydrogen) atoms. The molecule has 0 aromatic heterocycles. The molecule has 0 unspecified atom stereocenters. The molecule has 1 N–H and O–H groups in total. The molecule has 2 nitrogen and oxygen atoms in total. The molecule has 0 fully saturated rings. The summed E-state index contributed by atoms with van der Waals surface area (Å²) in [6.45, 7) is 1.90. The lowest BCUT2D eigenvalue weighted by Crippen LogP contribution is -2.14. The van der Waals surface area contributed by atoms with E-state index in [1.165, 1.54) is 12.1 Å². The Balaban J connectivity index is 2.26. The molecule has 98 valence electrons. The minimum atomic E-state index is -1.15. The number of amides is 1. The van der Waals surface area contributed by atoms with E-state index in [0.29, 0.717) is 5.69 Å². The van der Waals surface area contributed by atoms with Crippen molar-refractivity contribution in [2.45, 2.75) is 6.92 Å². The van der Waals surface area contributed by atoms with Crippen molar-refractivity contribution in [2.75, 3.05) is 5.32 Å². The number of aryl methyl sites for hydroxylation is 1. The van der Waals surface area contributed by atoms with Crippen LogP contribution in [0, 0.1) is 18.6 Å². The molecule has 0 aliphatic carbocycles. The van der Waals surface area contributed by atoms with Gasteiger partial charge in [0.05, 0.1) is 5.56 Å². The first-order valence-electron chi connectivity index (χ1n) is 5.50. The predicted octanol–water partition coefficient (Wildman–Crippen LogP) is 4.29. The standard InChI is InChI=1S/C14H10BrF2NO/c1-8-5-6-9(7-11(8)15)18-14(19)10-3-2-4-12(16)13(10)17/h2-7H,1H3,(H,18,19). The third kappa shape index (κ3) is 2.98. The summed E-state index contributed by atoms with van der Waals surface area (Å²) in [5.74, 6) is -2.88. The lowest BCUT2D eigenvalue weighted by Gasteiger charge is -2.08. The van der Waals surface area contributed by atoms with Crippen LogP contribution >= 0.6 is 15.9 Å². The number of benzene rings is 2. The number of anilines is 1. The van der Waals surface area contributed by atoms with Crippen molar-refractivity contribution in [3.8, 4) is 0 Å². The van der Waals surface area contributed by atoms with E-state index in [4.69, 9.17) is 0 Å². The third-order valence-electron chi connectivity index (χ3n) is 2.63. The number of halogens is 3. The van der Waals surface area contributed by atoms with E-state index in [0.717, 1.165) is 16.1 Å². The molecule has 0 saturated carbocycles. The lowest BCUT2D eigenvalue weighted by molar-refractivity contribution is 0.102. The second-order valence-electron chi connectivity index (χ2n) is 4.02. The zero-order valence-electron chi connectivity index (χ0n) is 10.0. The van der Waals surface area contributed by atoms with Crippen molar-refractivity contribution >= 4 is 27.5 Å². The summed E-state index contributed by atoms with van der Waals surface area (Å²) in [4.78, 5) is 11.9. The molecule has 2 aromatic rings. The van der Waals surface area contributed by atoms with Crippen LogP contribution in [0.25, 0.3) is 0 Å². The summed E-state index contributed by atoms with van der Waals surface area (Å²) in [5.41, 5.74) is 1.19. The molecule has 0 heterocycles. The molecule has 1 amide bonds. The van der Waals surface area contributed by atoms with Gasteiger partial charge in [0, 0.05) is 10.2 Å². The van der Waals surface area contributed by atoms with Crippen LogP contribution in [0.3, 0.4) is 0 Å². The Morgan fingerprint density at radius 2 is 1.95 bits per heavy atom. The van der Waals surface area contributed by atoms with Crippen molar-refractivity contribution in [3.63, 3.8) is 0 Å². The first-order chi connectivity index (χ1) is 8.99. The highest BCUT2D eigenvalue weighted by Crippen LogP contribution is 2.21. The van der Waals surface area contributed by atoms with Gasteiger partial charge in [-0.2, -0.15) is 0 Å². The molecule has 0 bridgehead atoms. The SMILES string of the molecule is Cc1ccc(NC(=O)c2cccc(F)c2F)cc1Br. The Bertz CT molecular complexity index is 643. The normalized spacial score (nSPS) is 10.3. The van der Waals surface area contributed by atoms with Gasteiger partial charge >= 0.3 is 0 Å². The largest absolute Gasteiger partial charge is 0.322 e. The van der Waals surface area contributed by atoms with Crippen molar-refractivity contribution in [1.29, 1.82) is 0 Å². The van der Waals surface area contributed by atoms with Gasteiger partial charge in [0.1, 0.15) is 0 Å². The van der Waals surface area contributed by atoms with Crippen LogP contribution in [0.5, 0.6) is 0 Å². The van der Waals surface area contributed by atoms with Crippen molar-refractivity contribution in [3.05, 3.63) is 63.6 Å². The molecule has 0 spiro atoms. The molecule has 0 radical (unpaired) electrons. The summed E-state index contributed by atoms with van der Waals surface area (Å²) in [6.07, 6.45) is 0. The van der Waals surface area contributed by atoms with E-state index in [1.54, 1.807) is 12.1 Å². The van der Waals surface area contributed by atoms with Gasteiger partial charge in [-0.3, -0.25) is 4.79 Å². The van der Waals surface area contributed by atoms with Gasteiger partial charge in [0.25, 0.3) is 5.91 Å². The molecular weight excluding hydrogens is 316 g/mol. The summed E-state index contributed by atoms with van der Waals surface area (Å²) < 4.78 is 27.3. The van der Waals surface area contributed by atoms with Crippen LogP contribution in [-0.4, -0.2) is 5.91 Å². The fourth-order valence-corrected chi connectivity index (χ4v) is 1.93. The Morgan fingerprint density at radius 3 is 2.63 bits per heavy atom. The summed E-state index contributed by atoms with van der Waals surface area (Å²) in [6, 6.07) is 8.69. The van der Waals surface area contributed by atoms with Gasteiger partial charge in [-0.25, -0.2) is 8.78 Å². The van der Waals surface area contributed by atoms with Crippen LogP contribution in [-0.2, 0) is 0 Å². The number of hydrogen-bond acceptors (Lipinski definition) is 1. The highest BCUT2D eigenvalue weighted by Gasteiger charge is 2.15. The van der Waals surface area contributed by atoms with Gasteiger partial charge in [-0.1, -0.05) is 28.1 Å². The lowest BCUT2D eigenvalue weighted by atomic mass is 10.1.